The number of aromatic nitrogens is 4. The van der Waals surface area contributed by atoms with Gasteiger partial charge in [0, 0.05) is 33.3 Å². The molecule has 0 saturated heterocycles. The minimum Gasteiger partial charge on any atom is -0.435 e. The van der Waals surface area contributed by atoms with Crippen LogP contribution < -0.4 is 0 Å². The molecule has 0 N–H and O–H groups in total. The van der Waals surface area contributed by atoms with Gasteiger partial charge in [0.15, 0.2) is 11.4 Å². The topological polar surface area (TPSA) is 56.7 Å². The predicted octanol–water partition coefficient (Wildman–Crippen LogP) is 12.0. The standard InChI is InChI=1S/C47H30N4O/c1-4-12-31(13-5-1)32-20-22-33(23-21-32)40-30-41(49-46(48-40)35-14-6-2-7-15-35)34-24-26-37(27-25-34)51-42-19-11-10-18-38(42)44-43(51)29-28-39-45(44)52-47(50-39)36-16-8-3-9-17-36/h1-30H. The van der Waals surface area contributed by atoms with Gasteiger partial charge < -0.3 is 8.98 Å². The van der Waals surface area contributed by atoms with Gasteiger partial charge in [0.25, 0.3) is 0 Å². The summed E-state index contributed by atoms with van der Waals surface area (Å²) in [7, 11) is 0. The van der Waals surface area contributed by atoms with Crippen LogP contribution in [0.2, 0.25) is 0 Å². The van der Waals surface area contributed by atoms with E-state index in [2.05, 4.69) is 132 Å². The van der Waals surface area contributed by atoms with E-state index in [4.69, 9.17) is 19.4 Å². The Morgan fingerprint density at radius 3 is 1.62 bits per heavy atom. The van der Waals surface area contributed by atoms with Crippen molar-refractivity contribution in [2.24, 2.45) is 0 Å². The largest absolute Gasteiger partial charge is 0.435 e. The lowest BCUT2D eigenvalue weighted by molar-refractivity contribution is 0.623. The van der Waals surface area contributed by atoms with Crippen LogP contribution in [0.1, 0.15) is 0 Å². The van der Waals surface area contributed by atoms with E-state index in [9.17, 15) is 0 Å². The van der Waals surface area contributed by atoms with E-state index >= 15 is 0 Å². The maximum Gasteiger partial charge on any atom is 0.227 e. The minimum atomic E-state index is 0.621. The fourth-order valence-corrected chi connectivity index (χ4v) is 7.12. The number of hydrogen-bond donors (Lipinski definition) is 0. The molecule has 0 saturated carbocycles. The van der Waals surface area contributed by atoms with Gasteiger partial charge >= 0.3 is 0 Å². The zero-order chi connectivity index (χ0) is 34.4. The zero-order valence-electron chi connectivity index (χ0n) is 28.0. The Kier molecular flexibility index (Phi) is 7.07. The quantitative estimate of drug-likeness (QED) is 0.177. The van der Waals surface area contributed by atoms with E-state index in [1.807, 2.05) is 54.6 Å². The van der Waals surface area contributed by atoms with Gasteiger partial charge in [-0.25, -0.2) is 15.0 Å². The Bertz CT molecular complexity index is 2860. The number of para-hydroxylation sites is 1. The Morgan fingerprint density at radius 1 is 0.404 bits per heavy atom. The van der Waals surface area contributed by atoms with Crippen molar-refractivity contribution in [1.29, 1.82) is 0 Å². The van der Waals surface area contributed by atoms with Crippen LogP contribution in [0.3, 0.4) is 0 Å². The SMILES string of the molecule is c1ccc(-c2ccc(-c3cc(-c4ccc(-n5c6ccccc6c6c7oc(-c8ccccc8)nc7ccc65)cc4)nc(-c4ccccc4)n3)cc2)cc1. The molecule has 0 bridgehead atoms. The van der Waals surface area contributed by atoms with E-state index in [0.717, 1.165) is 72.2 Å². The van der Waals surface area contributed by atoms with Gasteiger partial charge in [-0.15, -0.1) is 0 Å². The van der Waals surface area contributed by atoms with Gasteiger partial charge in [-0.3, -0.25) is 0 Å². The van der Waals surface area contributed by atoms with Crippen molar-refractivity contribution in [3.05, 3.63) is 182 Å². The summed E-state index contributed by atoms with van der Waals surface area (Å²) in [5.74, 6) is 1.31. The average Bonchev–Trinajstić information content (AvgIpc) is 3.82. The third-order valence-electron chi connectivity index (χ3n) is 9.68. The molecule has 7 aromatic carbocycles. The fourth-order valence-electron chi connectivity index (χ4n) is 7.12. The van der Waals surface area contributed by atoms with Crippen molar-refractivity contribution < 1.29 is 4.42 Å². The number of benzene rings is 7. The molecule has 0 aliphatic carbocycles. The molecule has 0 unspecified atom stereocenters. The number of rotatable bonds is 6. The maximum atomic E-state index is 6.49. The summed E-state index contributed by atoms with van der Waals surface area (Å²) in [5.41, 5.74) is 12.9. The summed E-state index contributed by atoms with van der Waals surface area (Å²) in [4.78, 5) is 15.0. The maximum absolute atomic E-state index is 6.49. The molecule has 0 spiro atoms. The van der Waals surface area contributed by atoms with E-state index in [0.29, 0.717) is 11.7 Å². The first-order chi connectivity index (χ1) is 25.8. The molecule has 0 radical (unpaired) electrons. The zero-order valence-corrected chi connectivity index (χ0v) is 28.0. The molecule has 52 heavy (non-hydrogen) atoms. The summed E-state index contributed by atoms with van der Waals surface area (Å²) in [5, 5.41) is 2.17. The van der Waals surface area contributed by atoms with Crippen molar-refractivity contribution >= 4 is 32.9 Å². The minimum absolute atomic E-state index is 0.621. The summed E-state index contributed by atoms with van der Waals surface area (Å²) < 4.78 is 8.79. The number of nitrogens with zero attached hydrogens (tertiary/aromatic N) is 4. The third-order valence-corrected chi connectivity index (χ3v) is 9.68. The van der Waals surface area contributed by atoms with Crippen molar-refractivity contribution in [2.75, 3.05) is 0 Å². The summed E-state index contributed by atoms with van der Waals surface area (Å²) in [6, 6.07) is 62.7. The number of hydrogen-bond acceptors (Lipinski definition) is 4. The van der Waals surface area contributed by atoms with E-state index < -0.39 is 0 Å². The first kappa shape index (κ1) is 29.8. The highest BCUT2D eigenvalue weighted by molar-refractivity contribution is 6.19. The number of oxazole rings is 1. The molecule has 10 aromatic rings. The van der Waals surface area contributed by atoms with Gasteiger partial charge in [-0.2, -0.15) is 0 Å². The molecule has 0 atom stereocenters. The molecule has 5 nitrogen and oxygen atoms in total. The second-order valence-corrected chi connectivity index (χ2v) is 12.9. The highest BCUT2D eigenvalue weighted by Crippen LogP contribution is 2.39. The van der Waals surface area contributed by atoms with Crippen LogP contribution in [0.15, 0.2) is 186 Å². The van der Waals surface area contributed by atoms with Crippen LogP contribution in [0.4, 0.5) is 0 Å². The van der Waals surface area contributed by atoms with Crippen molar-refractivity contribution in [3.63, 3.8) is 0 Å². The van der Waals surface area contributed by atoms with Gasteiger partial charge in [0.2, 0.25) is 5.89 Å². The molecule has 0 amide bonds. The molecule has 0 aliphatic rings. The Balaban J connectivity index is 1.07. The van der Waals surface area contributed by atoms with Crippen LogP contribution >= 0.6 is 0 Å². The first-order valence-corrected chi connectivity index (χ1v) is 17.4. The summed E-state index contributed by atoms with van der Waals surface area (Å²) >= 11 is 0. The molecule has 5 heteroatoms. The molecule has 10 rings (SSSR count). The normalized spacial score (nSPS) is 11.5. The van der Waals surface area contributed by atoms with Crippen LogP contribution in [0, 0.1) is 0 Å². The van der Waals surface area contributed by atoms with Crippen LogP contribution in [0.5, 0.6) is 0 Å². The van der Waals surface area contributed by atoms with E-state index in [-0.39, 0.29) is 0 Å². The van der Waals surface area contributed by atoms with Crippen LogP contribution in [-0.4, -0.2) is 19.5 Å². The summed E-state index contributed by atoms with van der Waals surface area (Å²) in [6.45, 7) is 0. The molecule has 244 valence electrons. The Hall–Kier alpha value is -7.11. The first-order valence-electron chi connectivity index (χ1n) is 17.4. The molecule has 3 heterocycles. The number of fused-ring (bicyclic) bond motifs is 5. The molecular formula is C47H30N4O. The van der Waals surface area contributed by atoms with Gasteiger partial charge in [0.05, 0.1) is 27.8 Å². The van der Waals surface area contributed by atoms with E-state index in [1.54, 1.807) is 0 Å². The van der Waals surface area contributed by atoms with Crippen LogP contribution in [-0.2, 0) is 0 Å². The second kappa shape index (κ2) is 12.3. The predicted molar refractivity (Wildman–Crippen MR) is 211 cm³/mol. The molecule has 3 aromatic heterocycles. The smallest absolute Gasteiger partial charge is 0.227 e. The second-order valence-electron chi connectivity index (χ2n) is 12.9. The lowest BCUT2D eigenvalue weighted by Crippen LogP contribution is -1.97. The summed E-state index contributed by atoms with van der Waals surface area (Å²) in [6.07, 6.45) is 0. The monoisotopic (exact) mass is 666 g/mol. The van der Waals surface area contributed by atoms with Crippen molar-refractivity contribution in [1.82, 2.24) is 19.5 Å². The lowest BCUT2D eigenvalue weighted by atomic mass is 10.0. The molecule has 0 fully saturated rings. The third kappa shape index (κ3) is 5.15. The molecular weight excluding hydrogens is 637 g/mol. The Morgan fingerprint density at radius 2 is 0.942 bits per heavy atom. The lowest BCUT2D eigenvalue weighted by Gasteiger charge is -2.12. The molecule has 0 aliphatic heterocycles. The van der Waals surface area contributed by atoms with Crippen molar-refractivity contribution in [2.45, 2.75) is 0 Å². The van der Waals surface area contributed by atoms with Gasteiger partial charge in [-0.05, 0) is 59.7 Å². The van der Waals surface area contributed by atoms with Crippen LogP contribution in [0.25, 0.3) is 95.1 Å². The van der Waals surface area contributed by atoms with Crippen molar-refractivity contribution in [3.8, 4) is 62.2 Å². The van der Waals surface area contributed by atoms with Gasteiger partial charge in [0.1, 0.15) is 5.52 Å². The fraction of sp³-hybridized carbons (Fsp3) is 0. The average molecular weight is 667 g/mol. The van der Waals surface area contributed by atoms with E-state index in [1.165, 1.54) is 11.1 Å². The highest BCUT2D eigenvalue weighted by atomic mass is 16.3. The van der Waals surface area contributed by atoms with Gasteiger partial charge in [-0.1, -0.05) is 133 Å². The Labute approximate surface area is 300 Å². The highest BCUT2D eigenvalue weighted by Gasteiger charge is 2.19.